The highest BCUT2D eigenvalue weighted by Gasteiger charge is 2.05. The van der Waals surface area contributed by atoms with Crippen molar-refractivity contribution in [1.82, 2.24) is 0 Å². The van der Waals surface area contributed by atoms with Crippen molar-refractivity contribution in [2.45, 2.75) is 18.9 Å². The van der Waals surface area contributed by atoms with Crippen LogP contribution in [-0.4, -0.2) is 17.8 Å². The maximum Gasteiger partial charge on any atom is 0.141 e. The SMILES string of the molecule is NC(CCO)Cc1ccc(F)c(Cl)c1. The Kier molecular flexibility index (Phi) is 4.32. The summed E-state index contributed by atoms with van der Waals surface area (Å²) in [5.41, 5.74) is 6.59. The Morgan fingerprint density at radius 2 is 2.21 bits per heavy atom. The van der Waals surface area contributed by atoms with E-state index in [4.69, 9.17) is 22.4 Å². The molecule has 0 radical (unpaired) electrons. The highest BCUT2D eigenvalue weighted by Crippen LogP contribution is 2.17. The first-order valence-corrected chi connectivity index (χ1v) is 4.81. The summed E-state index contributed by atoms with van der Waals surface area (Å²) < 4.78 is 12.8. The van der Waals surface area contributed by atoms with Gasteiger partial charge in [-0.05, 0) is 30.5 Å². The molecule has 0 aromatic heterocycles. The molecule has 0 spiro atoms. The van der Waals surface area contributed by atoms with Crippen molar-refractivity contribution in [3.63, 3.8) is 0 Å². The van der Waals surface area contributed by atoms with E-state index in [1.807, 2.05) is 0 Å². The number of aliphatic hydroxyl groups is 1. The van der Waals surface area contributed by atoms with Crippen molar-refractivity contribution in [2.75, 3.05) is 6.61 Å². The predicted molar refractivity (Wildman–Crippen MR) is 54.8 cm³/mol. The summed E-state index contributed by atoms with van der Waals surface area (Å²) in [6.07, 6.45) is 1.13. The molecule has 1 unspecified atom stereocenters. The van der Waals surface area contributed by atoms with Gasteiger partial charge in [-0.3, -0.25) is 0 Å². The van der Waals surface area contributed by atoms with Crippen molar-refractivity contribution in [1.29, 1.82) is 0 Å². The number of benzene rings is 1. The molecule has 14 heavy (non-hydrogen) atoms. The largest absolute Gasteiger partial charge is 0.396 e. The van der Waals surface area contributed by atoms with E-state index < -0.39 is 5.82 Å². The lowest BCUT2D eigenvalue weighted by molar-refractivity contribution is 0.275. The normalized spacial score (nSPS) is 12.9. The van der Waals surface area contributed by atoms with E-state index in [1.165, 1.54) is 6.07 Å². The molecule has 3 N–H and O–H groups in total. The third-order valence-corrected chi connectivity index (χ3v) is 2.27. The molecule has 4 heteroatoms. The van der Waals surface area contributed by atoms with Crippen molar-refractivity contribution in [3.05, 3.63) is 34.6 Å². The van der Waals surface area contributed by atoms with Crippen molar-refractivity contribution in [2.24, 2.45) is 5.73 Å². The van der Waals surface area contributed by atoms with Gasteiger partial charge in [-0.2, -0.15) is 0 Å². The molecule has 0 saturated heterocycles. The molecule has 0 bridgehead atoms. The van der Waals surface area contributed by atoms with Crippen molar-refractivity contribution in [3.8, 4) is 0 Å². The van der Waals surface area contributed by atoms with E-state index in [2.05, 4.69) is 0 Å². The van der Waals surface area contributed by atoms with Gasteiger partial charge in [0, 0.05) is 12.6 Å². The second-order valence-corrected chi connectivity index (χ2v) is 3.63. The number of halogens is 2. The minimum Gasteiger partial charge on any atom is -0.396 e. The second-order valence-electron chi connectivity index (χ2n) is 3.22. The van der Waals surface area contributed by atoms with Crippen LogP contribution in [-0.2, 0) is 6.42 Å². The highest BCUT2D eigenvalue weighted by molar-refractivity contribution is 6.30. The zero-order valence-electron chi connectivity index (χ0n) is 7.71. The Hall–Kier alpha value is -0.640. The first-order valence-electron chi connectivity index (χ1n) is 4.44. The summed E-state index contributed by atoms with van der Waals surface area (Å²) in [7, 11) is 0. The number of aliphatic hydroxyl groups excluding tert-OH is 1. The molecule has 0 aliphatic carbocycles. The van der Waals surface area contributed by atoms with Gasteiger partial charge in [0.25, 0.3) is 0 Å². The minimum absolute atomic E-state index is 0.0656. The molecule has 0 amide bonds. The summed E-state index contributed by atoms with van der Waals surface area (Å²) in [5.74, 6) is -0.425. The standard InChI is InChI=1S/C10H13ClFNO/c11-9-6-7(1-2-10(9)12)5-8(13)3-4-14/h1-2,6,8,14H,3-5,13H2. The number of rotatable bonds is 4. The van der Waals surface area contributed by atoms with Crippen molar-refractivity contribution >= 4 is 11.6 Å². The quantitative estimate of drug-likeness (QED) is 0.807. The van der Waals surface area contributed by atoms with Gasteiger partial charge in [0.2, 0.25) is 0 Å². The third-order valence-electron chi connectivity index (χ3n) is 1.98. The Bertz CT molecular complexity index is 306. The fourth-order valence-electron chi connectivity index (χ4n) is 1.24. The topological polar surface area (TPSA) is 46.2 Å². The fraction of sp³-hybridized carbons (Fsp3) is 0.400. The molecule has 0 aliphatic rings. The summed E-state index contributed by atoms with van der Waals surface area (Å²) in [4.78, 5) is 0. The maximum atomic E-state index is 12.8. The molecule has 1 atom stereocenters. The van der Waals surface area contributed by atoms with Crippen LogP contribution in [0.3, 0.4) is 0 Å². The van der Waals surface area contributed by atoms with Crippen LogP contribution in [0.15, 0.2) is 18.2 Å². The first-order chi connectivity index (χ1) is 6.63. The van der Waals surface area contributed by atoms with Crippen LogP contribution in [0.25, 0.3) is 0 Å². The number of hydrogen-bond acceptors (Lipinski definition) is 2. The molecule has 0 fully saturated rings. The molecule has 0 saturated carbocycles. The summed E-state index contributed by atoms with van der Waals surface area (Å²) in [6.45, 7) is 0.0656. The molecule has 78 valence electrons. The van der Waals surface area contributed by atoms with Gasteiger partial charge in [-0.25, -0.2) is 4.39 Å². The second kappa shape index (κ2) is 5.29. The van der Waals surface area contributed by atoms with Crippen LogP contribution in [0, 0.1) is 5.82 Å². The van der Waals surface area contributed by atoms with Crippen LogP contribution in [0.5, 0.6) is 0 Å². The van der Waals surface area contributed by atoms with E-state index in [0.717, 1.165) is 5.56 Å². The lowest BCUT2D eigenvalue weighted by Crippen LogP contribution is -2.23. The van der Waals surface area contributed by atoms with Gasteiger partial charge in [-0.1, -0.05) is 17.7 Å². The first kappa shape index (κ1) is 11.4. The smallest absolute Gasteiger partial charge is 0.141 e. The Morgan fingerprint density at radius 3 is 2.79 bits per heavy atom. The van der Waals surface area contributed by atoms with Crippen LogP contribution in [0.1, 0.15) is 12.0 Å². The molecule has 0 aliphatic heterocycles. The monoisotopic (exact) mass is 217 g/mol. The number of nitrogens with two attached hydrogens (primary N) is 1. The summed E-state index contributed by atoms with van der Waals surface area (Å²) in [6, 6.07) is 4.43. The Labute approximate surface area is 87.5 Å². The Morgan fingerprint density at radius 1 is 1.50 bits per heavy atom. The van der Waals surface area contributed by atoms with E-state index in [9.17, 15) is 4.39 Å². The molecule has 1 aromatic rings. The molecule has 1 aromatic carbocycles. The number of hydrogen-bond donors (Lipinski definition) is 2. The van der Waals surface area contributed by atoms with Gasteiger partial charge in [-0.15, -0.1) is 0 Å². The lowest BCUT2D eigenvalue weighted by Gasteiger charge is -2.09. The van der Waals surface area contributed by atoms with E-state index >= 15 is 0 Å². The van der Waals surface area contributed by atoms with E-state index in [-0.39, 0.29) is 17.7 Å². The van der Waals surface area contributed by atoms with Crippen LogP contribution in [0.2, 0.25) is 5.02 Å². The summed E-state index contributed by atoms with van der Waals surface area (Å²) >= 11 is 5.61. The zero-order chi connectivity index (χ0) is 10.6. The molecular formula is C10H13ClFNO. The molecular weight excluding hydrogens is 205 g/mol. The van der Waals surface area contributed by atoms with Crippen LogP contribution < -0.4 is 5.73 Å². The van der Waals surface area contributed by atoms with Crippen LogP contribution >= 0.6 is 11.6 Å². The van der Waals surface area contributed by atoms with Crippen molar-refractivity contribution < 1.29 is 9.50 Å². The van der Waals surface area contributed by atoms with Gasteiger partial charge in [0.15, 0.2) is 0 Å². The van der Waals surface area contributed by atoms with Gasteiger partial charge in [0.05, 0.1) is 5.02 Å². The molecule has 2 nitrogen and oxygen atoms in total. The van der Waals surface area contributed by atoms with Crippen LogP contribution in [0.4, 0.5) is 4.39 Å². The maximum absolute atomic E-state index is 12.8. The van der Waals surface area contributed by atoms with E-state index in [0.29, 0.717) is 12.8 Å². The third kappa shape index (κ3) is 3.25. The highest BCUT2D eigenvalue weighted by atomic mass is 35.5. The average Bonchev–Trinajstić information content (AvgIpc) is 2.12. The molecule has 0 heterocycles. The minimum atomic E-state index is -0.425. The van der Waals surface area contributed by atoms with E-state index in [1.54, 1.807) is 12.1 Å². The zero-order valence-corrected chi connectivity index (χ0v) is 8.47. The van der Waals surface area contributed by atoms with Gasteiger partial charge in [0.1, 0.15) is 5.82 Å². The molecule has 1 rings (SSSR count). The predicted octanol–water partition coefficient (Wildman–Crippen LogP) is 1.73. The summed E-state index contributed by atoms with van der Waals surface area (Å²) in [5, 5.41) is 8.76. The van der Waals surface area contributed by atoms with Gasteiger partial charge >= 0.3 is 0 Å². The average molecular weight is 218 g/mol. The lowest BCUT2D eigenvalue weighted by atomic mass is 10.0. The Balaban J connectivity index is 2.63. The fourth-order valence-corrected chi connectivity index (χ4v) is 1.44. The van der Waals surface area contributed by atoms with Gasteiger partial charge < -0.3 is 10.8 Å².